The molecule has 0 spiro atoms. The molecule has 0 N–H and O–H groups in total. The van der Waals surface area contributed by atoms with Crippen LogP contribution in [0.3, 0.4) is 0 Å². The Balaban J connectivity index is 2.33. The minimum absolute atomic E-state index is 0.335. The van der Waals surface area contributed by atoms with Gasteiger partial charge in [-0.3, -0.25) is 4.79 Å². The van der Waals surface area contributed by atoms with E-state index in [0.717, 1.165) is 11.4 Å². The summed E-state index contributed by atoms with van der Waals surface area (Å²) < 4.78 is 6.52. The SMILES string of the molecule is CCOC(=O)c1ccc(-n2nnc(C=O)c2CC)cc1. The molecule has 0 aliphatic heterocycles. The second-order valence-electron chi connectivity index (χ2n) is 4.07. The van der Waals surface area contributed by atoms with Crippen molar-refractivity contribution in [2.24, 2.45) is 0 Å². The molecular formula is C14H15N3O3. The molecule has 6 heteroatoms. The van der Waals surface area contributed by atoms with E-state index in [1.165, 1.54) is 0 Å². The molecule has 6 nitrogen and oxygen atoms in total. The Morgan fingerprint density at radius 2 is 2.00 bits per heavy atom. The monoisotopic (exact) mass is 273 g/mol. The summed E-state index contributed by atoms with van der Waals surface area (Å²) in [6.07, 6.45) is 1.33. The van der Waals surface area contributed by atoms with Crippen LogP contribution < -0.4 is 0 Å². The van der Waals surface area contributed by atoms with Crippen LogP contribution in [0.2, 0.25) is 0 Å². The highest BCUT2D eigenvalue weighted by Crippen LogP contribution is 2.14. The normalized spacial score (nSPS) is 10.3. The van der Waals surface area contributed by atoms with Crippen LogP contribution in [0.4, 0.5) is 0 Å². The van der Waals surface area contributed by atoms with E-state index in [-0.39, 0.29) is 5.97 Å². The van der Waals surface area contributed by atoms with Crippen LogP contribution in [-0.4, -0.2) is 33.9 Å². The zero-order valence-electron chi connectivity index (χ0n) is 11.4. The molecule has 0 saturated carbocycles. The number of hydrogen-bond donors (Lipinski definition) is 0. The summed E-state index contributed by atoms with van der Waals surface area (Å²) in [5.74, 6) is -0.359. The predicted molar refractivity (Wildman–Crippen MR) is 72.1 cm³/mol. The fourth-order valence-electron chi connectivity index (χ4n) is 1.90. The van der Waals surface area contributed by atoms with Gasteiger partial charge in [0.1, 0.15) is 5.69 Å². The second-order valence-corrected chi connectivity index (χ2v) is 4.07. The van der Waals surface area contributed by atoms with Crippen LogP contribution in [0.25, 0.3) is 5.69 Å². The van der Waals surface area contributed by atoms with E-state index >= 15 is 0 Å². The van der Waals surface area contributed by atoms with Crippen molar-refractivity contribution in [2.75, 3.05) is 6.61 Å². The zero-order chi connectivity index (χ0) is 14.5. The van der Waals surface area contributed by atoms with Gasteiger partial charge in [0, 0.05) is 0 Å². The quantitative estimate of drug-likeness (QED) is 0.613. The predicted octanol–water partition coefficient (Wildman–Crippen LogP) is 1.82. The van der Waals surface area contributed by atoms with Crippen LogP contribution in [0, 0.1) is 0 Å². The molecule has 104 valence electrons. The van der Waals surface area contributed by atoms with Crippen LogP contribution in [-0.2, 0) is 11.2 Å². The molecule has 0 bridgehead atoms. The summed E-state index contributed by atoms with van der Waals surface area (Å²) in [4.78, 5) is 22.4. The third-order valence-corrected chi connectivity index (χ3v) is 2.86. The summed E-state index contributed by atoms with van der Waals surface area (Å²) >= 11 is 0. The van der Waals surface area contributed by atoms with Crippen molar-refractivity contribution < 1.29 is 14.3 Å². The molecule has 1 heterocycles. The minimum Gasteiger partial charge on any atom is -0.462 e. The standard InChI is InChI=1S/C14H15N3O3/c1-3-13-12(9-18)15-16-17(13)11-7-5-10(6-8-11)14(19)20-4-2/h5-9H,3-4H2,1-2H3. The molecule has 1 aromatic carbocycles. The molecule has 0 aliphatic carbocycles. The molecule has 0 amide bonds. The number of hydrogen-bond acceptors (Lipinski definition) is 5. The number of nitrogens with zero attached hydrogens (tertiary/aromatic N) is 3. The Hall–Kier alpha value is -2.50. The molecule has 0 radical (unpaired) electrons. The Bertz CT molecular complexity index is 617. The number of carbonyl (C=O) groups is 2. The van der Waals surface area contributed by atoms with E-state index in [1.807, 2.05) is 6.92 Å². The first-order valence-electron chi connectivity index (χ1n) is 6.38. The highest BCUT2D eigenvalue weighted by molar-refractivity contribution is 5.89. The Kier molecular flexibility index (Phi) is 4.24. The maximum atomic E-state index is 11.6. The molecule has 0 fully saturated rings. The van der Waals surface area contributed by atoms with Crippen molar-refractivity contribution in [3.63, 3.8) is 0 Å². The Labute approximate surface area is 116 Å². The largest absolute Gasteiger partial charge is 0.462 e. The molecular weight excluding hydrogens is 258 g/mol. The summed E-state index contributed by atoms with van der Waals surface area (Å²) in [6.45, 7) is 4.03. The number of aromatic nitrogens is 3. The third-order valence-electron chi connectivity index (χ3n) is 2.86. The van der Waals surface area contributed by atoms with Crippen molar-refractivity contribution in [1.82, 2.24) is 15.0 Å². The van der Waals surface area contributed by atoms with Gasteiger partial charge in [0.15, 0.2) is 6.29 Å². The van der Waals surface area contributed by atoms with Gasteiger partial charge in [-0.15, -0.1) is 5.10 Å². The fourth-order valence-corrected chi connectivity index (χ4v) is 1.90. The lowest BCUT2D eigenvalue weighted by Gasteiger charge is -2.06. The first-order valence-corrected chi connectivity index (χ1v) is 6.38. The van der Waals surface area contributed by atoms with Gasteiger partial charge in [-0.05, 0) is 37.6 Å². The van der Waals surface area contributed by atoms with E-state index in [4.69, 9.17) is 4.74 Å². The highest BCUT2D eigenvalue weighted by atomic mass is 16.5. The van der Waals surface area contributed by atoms with Gasteiger partial charge in [-0.1, -0.05) is 12.1 Å². The Morgan fingerprint density at radius 1 is 1.30 bits per heavy atom. The van der Waals surface area contributed by atoms with Gasteiger partial charge < -0.3 is 4.74 Å². The molecule has 2 rings (SSSR count). The van der Waals surface area contributed by atoms with Crippen molar-refractivity contribution in [1.29, 1.82) is 0 Å². The van der Waals surface area contributed by atoms with Crippen molar-refractivity contribution in [2.45, 2.75) is 20.3 Å². The first kappa shape index (κ1) is 13.9. The van der Waals surface area contributed by atoms with E-state index < -0.39 is 0 Å². The minimum atomic E-state index is -0.359. The van der Waals surface area contributed by atoms with Crippen molar-refractivity contribution in [3.8, 4) is 5.69 Å². The number of esters is 1. The summed E-state index contributed by atoms with van der Waals surface area (Å²) in [5.41, 5.74) is 2.30. The van der Waals surface area contributed by atoms with Gasteiger partial charge in [-0.2, -0.15) is 0 Å². The van der Waals surface area contributed by atoms with Gasteiger partial charge in [-0.25, -0.2) is 9.48 Å². The highest BCUT2D eigenvalue weighted by Gasteiger charge is 2.12. The fraction of sp³-hybridized carbons (Fsp3) is 0.286. The van der Waals surface area contributed by atoms with Crippen LogP contribution in [0.5, 0.6) is 0 Å². The van der Waals surface area contributed by atoms with E-state index in [9.17, 15) is 9.59 Å². The molecule has 0 saturated heterocycles. The number of ether oxygens (including phenoxy) is 1. The topological polar surface area (TPSA) is 74.1 Å². The molecule has 0 aliphatic rings. The third kappa shape index (κ3) is 2.59. The molecule has 20 heavy (non-hydrogen) atoms. The Morgan fingerprint density at radius 3 is 2.55 bits per heavy atom. The summed E-state index contributed by atoms with van der Waals surface area (Å²) in [5, 5.41) is 7.78. The van der Waals surface area contributed by atoms with Crippen LogP contribution in [0.15, 0.2) is 24.3 Å². The summed E-state index contributed by atoms with van der Waals surface area (Å²) in [7, 11) is 0. The van der Waals surface area contributed by atoms with Gasteiger partial charge in [0.25, 0.3) is 0 Å². The van der Waals surface area contributed by atoms with Crippen LogP contribution in [0.1, 0.15) is 40.4 Å². The van der Waals surface area contributed by atoms with Gasteiger partial charge in [0.2, 0.25) is 0 Å². The smallest absolute Gasteiger partial charge is 0.338 e. The van der Waals surface area contributed by atoms with Gasteiger partial charge >= 0.3 is 5.97 Å². The van der Waals surface area contributed by atoms with E-state index in [2.05, 4.69) is 10.3 Å². The second kappa shape index (κ2) is 6.10. The lowest BCUT2D eigenvalue weighted by Crippen LogP contribution is -2.06. The number of carbonyl (C=O) groups excluding carboxylic acids is 2. The van der Waals surface area contributed by atoms with E-state index in [0.29, 0.717) is 30.6 Å². The van der Waals surface area contributed by atoms with E-state index in [1.54, 1.807) is 35.9 Å². The first-order chi connectivity index (χ1) is 9.71. The van der Waals surface area contributed by atoms with Crippen molar-refractivity contribution >= 4 is 12.3 Å². The average molecular weight is 273 g/mol. The maximum absolute atomic E-state index is 11.6. The van der Waals surface area contributed by atoms with Crippen LogP contribution >= 0.6 is 0 Å². The van der Waals surface area contributed by atoms with Gasteiger partial charge in [0.05, 0.1) is 23.6 Å². The van der Waals surface area contributed by atoms with Crippen molar-refractivity contribution in [3.05, 3.63) is 41.2 Å². The number of benzene rings is 1. The average Bonchev–Trinajstić information content (AvgIpc) is 2.90. The lowest BCUT2D eigenvalue weighted by molar-refractivity contribution is 0.0526. The molecule has 1 aromatic heterocycles. The maximum Gasteiger partial charge on any atom is 0.338 e. The molecule has 0 unspecified atom stereocenters. The number of rotatable bonds is 5. The zero-order valence-corrected chi connectivity index (χ0v) is 11.4. The molecule has 2 aromatic rings. The number of aldehydes is 1. The summed E-state index contributed by atoms with van der Waals surface area (Å²) in [6, 6.07) is 6.81. The molecule has 0 atom stereocenters. The lowest BCUT2D eigenvalue weighted by atomic mass is 10.2.